The molecule has 0 heterocycles. The largest absolute Gasteiger partial charge is 0.354 e. The molecule has 0 saturated heterocycles. The van der Waals surface area contributed by atoms with Gasteiger partial charge in [0, 0.05) is 13.1 Å². The molecule has 0 bridgehead atoms. The Bertz CT molecular complexity index is 766. The van der Waals surface area contributed by atoms with Crippen molar-refractivity contribution in [2.24, 2.45) is 0 Å². The second-order valence-electron chi connectivity index (χ2n) is 7.46. The molecule has 2 rings (SSSR count). The first-order chi connectivity index (χ1) is 13.4. The maximum Gasteiger partial charge on any atom is 0.242 e. The summed E-state index contributed by atoms with van der Waals surface area (Å²) >= 11 is 0. The van der Waals surface area contributed by atoms with Gasteiger partial charge in [-0.25, -0.2) is 0 Å². The van der Waals surface area contributed by atoms with Gasteiger partial charge in [-0.3, -0.25) is 9.59 Å². The van der Waals surface area contributed by atoms with Crippen LogP contribution in [0.3, 0.4) is 0 Å². The van der Waals surface area contributed by atoms with Crippen LogP contribution in [0.1, 0.15) is 42.5 Å². The number of hydrogen-bond donors (Lipinski definition) is 1. The van der Waals surface area contributed by atoms with E-state index >= 15 is 0 Å². The summed E-state index contributed by atoms with van der Waals surface area (Å²) in [5, 5.41) is 2.91. The zero-order valence-electron chi connectivity index (χ0n) is 17.5. The predicted octanol–water partition coefficient (Wildman–Crippen LogP) is 3.83. The summed E-state index contributed by atoms with van der Waals surface area (Å²) in [5.41, 5.74) is 4.45. The highest BCUT2D eigenvalue weighted by Gasteiger charge is 2.25. The lowest BCUT2D eigenvalue weighted by Gasteiger charge is -2.29. The first kappa shape index (κ1) is 21.7. The van der Waals surface area contributed by atoms with Crippen LogP contribution in [0.15, 0.2) is 48.5 Å². The van der Waals surface area contributed by atoms with Crippen LogP contribution in [0.2, 0.25) is 0 Å². The van der Waals surface area contributed by atoms with E-state index < -0.39 is 6.04 Å². The van der Waals surface area contributed by atoms with E-state index in [0.717, 1.165) is 35.1 Å². The molecule has 0 aliphatic heterocycles. The van der Waals surface area contributed by atoms with Crippen molar-refractivity contribution in [3.05, 3.63) is 70.8 Å². The minimum Gasteiger partial charge on any atom is -0.354 e. The first-order valence-electron chi connectivity index (χ1n) is 10.1. The Labute approximate surface area is 169 Å². The smallest absolute Gasteiger partial charge is 0.242 e. The van der Waals surface area contributed by atoms with E-state index in [1.165, 1.54) is 0 Å². The zero-order chi connectivity index (χ0) is 20.5. The lowest BCUT2D eigenvalue weighted by Crippen LogP contribution is -2.49. The van der Waals surface area contributed by atoms with Gasteiger partial charge in [0.1, 0.15) is 6.04 Å². The van der Waals surface area contributed by atoms with Crippen molar-refractivity contribution >= 4 is 11.8 Å². The zero-order valence-corrected chi connectivity index (χ0v) is 17.5. The van der Waals surface area contributed by atoms with Crippen LogP contribution in [0.5, 0.6) is 0 Å². The number of nitrogens with zero attached hydrogens (tertiary/aromatic N) is 1. The Kier molecular flexibility index (Phi) is 8.24. The maximum atomic E-state index is 13.1. The molecule has 0 fully saturated rings. The third kappa shape index (κ3) is 6.52. The van der Waals surface area contributed by atoms with Crippen LogP contribution in [0.4, 0.5) is 0 Å². The van der Waals surface area contributed by atoms with Crippen LogP contribution in [0, 0.1) is 13.8 Å². The topological polar surface area (TPSA) is 49.4 Å². The van der Waals surface area contributed by atoms with E-state index in [1.807, 2.05) is 70.2 Å². The number of nitrogens with one attached hydrogen (secondary N) is 1. The van der Waals surface area contributed by atoms with Gasteiger partial charge in [0.05, 0.1) is 6.42 Å². The van der Waals surface area contributed by atoms with Crippen molar-refractivity contribution < 1.29 is 9.59 Å². The summed E-state index contributed by atoms with van der Waals surface area (Å²) in [7, 11) is 0. The Morgan fingerprint density at radius 2 is 1.64 bits per heavy atom. The normalized spacial score (nSPS) is 11.7. The molecule has 28 heavy (non-hydrogen) atoms. The van der Waals surface area contributed by atoms with Gasteiger partial charge in [-0.15, -0.1) is 0 Å². The average Bonchev–Trinajstić information content (AvgIpc) is 2.66. The lowest BCUT2D eigenvalue weighted by molar-refractivity contribution is -0.139. The predicted molar refractivity (Wildman–Crippen MR) is 114 cm³/mol. The van der Waals surface area contributed by atoms with Gasteiger partial charge in [0.25, 0.3) is 0 Å². The fourth-order valence-corrected chi connectivity index (χ4v) is 3.41. The molecule has 2 aromatic rings. The van der Waals surface area contributed by atoms with Crippen LogP contribution < -0.4 is 5.32 Å². The minimum atomic E-state index is -0.492. The number of carbonyl (C=O) groups excluding carboxylic acids is 2. The number of benzene rings is 2. The maximum absolute atomic E-state index is 13.1. The molecule has 2 amide bonds. The average molecular weight is 381 g/mol. The lowest BCUT2D eigenvalue weighted by atomic mass is 10.0. The standard InChI is InChI=1S/C24H32N2O2/c1-5-12-25-24(28)20(4)26(13-11-21-9-7-6-8-10-21)23(27)17-22-15-18(2)14-19(3)16-22/h6-10,14-16,20H,5,11-13,17H2,1-4H3,(H,25,28)/t20-/m1/s1. The second kappa shape index (κ2) is 10.6. The van der Waals surface area contributed by atoms with E-state index in [9.17, 15) is 9.59 Å². The fourth-order valence-electron chi connectivity index (χ4n) is 3.41. The molecule has 0 spiro atoms. The molecule has 1 N–H and O–H groups in total. The van der Waals surface area contributed by atoms with E-state index in [1.54, 1.807) is 4.90 Å². The van der Waals surface area contributed by atoms with Crippen molar-refractivity contribution in [2.45, 2.75) is 53.0 Å². The van der Waals surface area contributed by atoms with Gasteiger partial charge in [-0.2, -0.15) is 0 Å². The fraction of sp³-hybridized carbons (Fsp3) is 0.417. The van der Waals surface area contributed by atoms with E-state index in [4.69, 9.17) is 0 Å². The van der Waals surface area contributed by atoms with E-state index in [0.29, 0.717) is 19.5 Å². The second-order valence-corrected chi connectivity index (χ2v) is 7.46. The van der Waals surface area contributed by atoms with Crippen LogP contribution >= 0.6 is 0 Å². The number of carbonyl (C=O) groups is 2. The van der Waals surface area contributed by atoms with Crippen molar-refractivity contribution in [1.82, 2.24) is 10.2 Å². The molecular formula is C24H32N2O2. The van der Waals surface area contributed by atoms with Crippen molar-refractivity contribution in [1.29, 1.82) is 0 Å². The molecule has 4 nitrogen and oxygen atoms in total. The van der Waals surface area contributed by atoms with Gasteiger partial charge in [-0.05, 0) is 44.7 Å². The highest BCUT2D eigenvalue weighted by molar-refractivity contribution is 5.88. The molecular weight excluding hydrogens is 348 g/mol. The molecule has 0 aliphatic carbocycles. The summed E-state index contributed by atoms with van der Waals surface area (Å²) in [6.07, 6.45) is 1.91. The molecule has 0 unspecified atom stereocenters. The number of rotatable bonds is 9. The third-order valence-electron chi connectivity index (χ3n) is 4.84. The van der Waals surface area contributed by atoms with Crippen molar-refractivity contribution in [3.63, 3.8) is 0 Å². The van der Waals surface area contributed by atoms with Gasteiger partial charge < -0.3 is 10.2 Å². The Morgan fingerprint density at radius 1 is 1.00 bits per heavy atom. The minimum absolute atomic E-state index is 0.0138. The first-order valence-corrected chi connectivity index (χ1v) is 10.1. The SMILES string of the molecule is CCCNC(=O)[C@@H](C)N(CCc1ccccc1)C(=O)Cc1cc(C)cc(C)c1. The highest BCUT2D eigenvalue weighted by Crippen LogP contribution is 2.13. The molecule has 1 atom stereocenters. The van der Waals surface area contributed by atoms with Crippen molar-refractivity contribution in [3.8, 4) is 0 Å². The summed E-state index contributed by atoms with van der Waals surface area (Å²) in [6.45, 7) is 9.05. The van der Waals surface area contributed by atoms with Crippen molar-refractivity contribution in [2.75, 3.05) is 13.1 Å². The van der Waals surface area contributed by atoms with Crippen LogP contribution in [-0.4, -0.2) is 35.8 Å². The Balaban J connectivity index is 2.15. The monoisotopic (exact) mass is 380 g/mol. The summed E-state index contributed by atoms with van der Waals surface area (Å²) in [4.78, 5) is 27.4. The molecule has 150 valence electrons. The molecule has 2 aromatic carbocycles. The third-order valence-corrected chi connectivity index (χ3v) is 4.84. The van der Waals surface area contributed by atoms with Gasteiger partial charge in [-0.1, -0.05) is 66.6 Å². The van der Waals surface area contributed by atoms with Gasteiger partial charge >= 0.3 is 0 Å². The van der Waals surface area contributed by atoms with Gasteiger partial charge in [0.2, 0.25) is 11.8 Å². The van der Waals surface area contributed by atoms with Crippen LogP contribution in [0.25, 0.3) is 0 Å². The summed E-state index contributed by atoms with van der Waals surface area (Å²) < 4.78 is 0. The quantitative estimate of drug-likeness (QED) is 0.719. The molecule has 0 saturated carbocycles. The van der Waals surface area contributed by atoms with E-state index in [-0.39, 0.29) is 11.8 Å². The highest BCUT2D eigenvalue weighted by atomic mass is 16.2. The van der Waals surface area contributed by atoms with E-state index in [2.05, 4.69) is 11.4 Å². The Hall–Kier alpha value is -2.62. The molecule has 0 aromatic heterocycles. The van der Waals surface area contributed by atoms with Crippen LogP contribution in [-0.2, 0) is 22.4 Å². The number of hydrogen-bond acceptors (Lipinski definition) is 2. The summed E-state index contributed by atoms with van der Waals surface area (Å²) in [6, 6.07) is 15.8. The Morgan fingerprint density at radius 3 is 2.25 bits per heavy atom. The summed E-state index contributed by atoms with van der Waals surface area (Å²) in [5.74, 6) is -0.108. The number of aryl methyl sites for hydroxylation is 2. The molecule has 0 radical (unpaired) electrons. The molecule has 4 heteroatoms. The number of amides is 2. The molecule has 0 aliphatic rings. The van der Waals surface area contributed by atoms with Gasteiger partial charge in [0.15, 0.2) is 0 Å².